The van der Waals surface area contributed by atoms with Crippen LogP contribution in [0.1, 0.15) is 30.2 Å². The summed E-state index contributed by atoms with van der Waals surface area (Å²) in [6, 6.07) is 0.450. The van der Waals surface area contributed by atoms with Gasteiger partial charge >= 0.3 is 12.1 Å². The van der Waals surface area contributed by atoms with Crippen molar-refractivity contribution in [3.8, 4) is 0 Å². The van der Waals surface area contributed by atoms with Gasteiger partial charge in [-0.25, -0.2) is 8.78 Å². The Labute approximate surface area is 109 Å². The average molecular weight is 299 g/mol. The van der Waals surface area contributed by atoms with Gasteiger partial charge in [0.1, 0.15) is 5.56 Å². The standard InChI is InChI=1S/C11H10F5NO3/c1-2-20-7(18)4-5-3-6(9(12)13)8(10(19)17-5)11(14,15)16/h3,9H,2,4H2,1H3,(H,17,19). The topological polar surface area (TPSA) is 59.2 Å². The number of rotatable bonds is 4. The van der Waals surface area contributed by atoms with E-state index in [0.717, 1.165) is 0 Å². The first-order chi connectivity index (χ1) is 9.16. The highest BCUT2D eigenvalue weighted by Gasteiger charge is 2.39. The minimum atomic E-state index is -5.21. The van der Waals surface area contributed by atoms with E-state index in [1.807, 2.05) is 0 Å². The van der Waals surface area contributed by atoms with E-state index in [-0.39, 0.29) is 12.3 Å². The molecule has 0 spiro atoms. The predicted octanol–water partition coefficient (Wildman–Crippen LogP) is 2.44. The SMILES string of the molecule is CCOC(=O)Cc1cc(C(F)F)c(C(F)(F)F)c(=O)[nH]1. The Hall–Kier alpha value is -1.93. The minimum Gasteiger partial charge on any atom is -0.466 e. The number of nitrogens with one attached hydrogen (secondary N) is 1. The Morgan fingerprint density at radius 2 is 2.00 bits per heavy atom. The smallest absolute Gasteiger partial charge is 0.422 e. The van der Waals surface area contributed by atoms with Gasteiger partial charge in [0.25, 0.3) is 12.0 Å². The Bertz CT molecular complexity index is 550. The number of hydrogen-bond acceptors (Lipinski definition) is 3. The molecule has 0 aliphatic heterocycles. The second-order valence-corrected chi connectivity index (χ2v) is 3.73. The molecular formula is C11H10F5NO3. The Kier molecular flexibility index (Phi) is 4.85. The number of halogens is 5. The van der Waals surface area contributed by atoms with Crippen molar-refractivity contribution in [2.24, 2.45) is 0 Å². The molecule has 1 heterocycles. The molecule has 0 saturated heterocycles. The maximum absolute atomic E-state index is 12.6. The first-order valence-electron chi connectivity index (χ1n) is 5.43. The number of H-pyrrole nitrogens is 1. The lowest BCUT2D eigenvalue weighted by atomic mass is 10.1. The molecule has 1 N–H and O–H groups in total. The van der Waals surface area contributed by atoms with E-state index in [2.05, 4.69) is 4.74 Å². The van der Waals surface area contributed by atoms with Crippen molar-refractivity contribution in [2.75, 3.05) is 6.61 Å². The van der Waals surface area contributed by atoms with E-state index in [0.29, 0.717) is 6.07 Å². The van der Waals surface area contributed by atoms with Gasteiger partial charge in [0.05, 0.1) is 13.0 Å². The van der Waals surface area contributed by atoms with Crippen LogP contribution in [0.15, 0.2) is 10.9 Å². The van der Waals surface area contributed by atoms with Crippen LogP contribution in [0.2, 0.25) is 0 Å². The average Bonchev–Trinajstić information content (AvgIpc) is 2.26. The minimum absolute atomic E-state index is 0.0193. The number of carbonyl (C=O) groups excluding carboxylic acids is 1. The number of aromatic amines is 1. The molecule has 0 saturated carbocycles. The molecule has 20 heavy (non-hydrogen) atoms. The molecule has 0 atom stereocenters. The van der Waals surface area contributed by atoms with Gasteiger partial charge in [0.15, 0.2) is 0 Å². The summed E-state index contributed by atoms with van der Waals surface area (Å²) in [5.74, 6) is -0.844. The lowest BCUT2D eigenvalue weighted by molar-refractivity contribution is -0.142. The summed E-state index contributed by atoms with van der Waals surface area (Å²) in [6.07, 6.45) is -9.29. The van der Waals surface area contributed by atoms with E-state index in [4.69, 9.17) is 0 Å². The quantitative estimate of drug-likeness (QED) is 0.686. The molecular weight excluding hydrogens is 289 g/mol. The van der Waals surface area contributed by atoms with E-state index in [9.17, 15) is 31.5 Å². The van der Waals surface area contributed by atoms with Gasteiger partial charge in [-0.05, 0) is 13.0 Å². The lowest BCUT2D eigenvalue weighted by Crippen LogP contribution is -2.26. The van der Waals surface area contributed by atoms with E-state index >= 15 is 0 Å². The molecule has 9 heteroatoms. The summed E-state index contributed by atoms with van der Waals surface area (Å²) in [7, 11) is 0. The van der Waals surface area contributed by atoms with Crippen molar-refractivity contribution in [2.45, 2.75) is 25.9 Å². The molecule has 0 radical (unpaired) electrons. The van der Waals surface area contributed by atoms with Crippen LogP contribution in [-0.2, 0) is 22.1 Å². The highest BCUT2D eigenvalue weighted by atomic mass is 19.4. The molecule has 112 valence electrons. The fourth-order valence-corrected chi connectivity index (χ4v) is 1.56. The number of pyridine rings is 1. The third-order valence-corrected chi connectivity index (χ3v) is 2.28. The Balaban J connectivity index is 3.28. The molecule has 0 aliphatic rings. The molecule has 1 aromatic heterocycles. The summed E-state index contributed by atoms with van der Waals surface area (Å²) in [4.78, 5) is 24.2. The first-order valence-corrected chi connectivity index (χ1v) is 5.43. The van der Waals surface area contributed by atoms with E-state index < -0.39 is 41.7 Å². The summed E-state index contributed by atoms with van der Waals surface area (Å²) in [5, 5.41) is 0. The molecule has 0 bridgehead atoms. The van der Waals surface area contributed by atoms with E-state index in [1.165, 1.54) is 6.92 Å². The number of ether oxygens (including phenoxy) is 1. The van der Waals surface area contributed by atoms with E-state index in [1.54, 1.807) is 4.98 Å². The van der Waals surface area contributed by atoms with Crippen LogP contribution >= 0.6 is 0 Å². The normalized spacial score (nSPS) is 11.8. The van der Waals surface area contributed by atoms with Gasteiger partial charge < -0.3 is 9.72 Å². The zero-order valence-corrected chi connectivity index (χ0v) is 10.2. The van der Waals surface area contributed by atoms with Gasteiger partial charge in [-0.2, -0.15) is 13.2 Å². The zero-order chi connectivity index (χ0) is 15.5. The molecule has 1 aromatic rings. The molecule has 0 amide bonds. The van der Waals surface area contributed by atoms with Gasteiger partial charge in [-0.15, -0.1) is 0 Å². The third kappa shape index (κ3) is 3.78. The van der Waals surface area contributed by atoms with Crippen LogP contribution in [0.5, 0.6) is 0 Å². The summed E-state index contributed by atoms with van der Waals surface area (Å²) in [5.41, 5.74) is -5.49. The van der Waals surface area contributed by atoms with Gasteiger partial charge in [0, 0.05) is 11.3 Å². The van der Waals surface area contributed by atoms with Crippen molar-refractivity contribution in [3.05, 3.63) is 33.2 Å². The van der Waals surface area contributed by atoms with Crippen LogP contribution in [0, 0.1) is 0 Å². The predicted molar refractivity (Wildman–Crippen MR) is 57.4 cm³/mol. The summed E-state index contributed by atoms with van der Waals surface area (Å²) >= 11 is 0. The lowest BCUT2D eigenvalue weighted by Gasteiger charge is -2.12. The maximum Gasteiger partial charge on any atom is 0.422 e. The third-order valence-electron chi connectivity index (χ3n) is 2.28. The second kappa shape index (κ2) is 6.02. The molecule has 0 unspecified atom stereocenters. The van der Waals surface area contributed by atoms with Crippen molar-refractivity contribution >= 4 is 5.97 Å². The summed E-state index contributed by atoms with van der Waals surface area (Å²) in [6.45, 7) is 1.52. The molecule has 4 nitrogen and oxygen atoms in total. The fraction of sp³-hybridized carbons (Fsp3) is 0.455. The van der Waals surface area contributed by atoms with Crippen LogP contribution in [0.4, 0.5) is 22.0 Å². The number of alkyl halides is 5. The molecule has 0 aliphatic carbocycles. The number of hydrogen-bond donors (Lipinski definition) is 1. The van der Waals surface area contributed by atoms with Crippen molar-refractivity contribution in [1.82, 2.24) is 4.98 Å². The second-order valence-electron chi connectivity index (χ2n) is 3.73. The van der Waals surface area contributed by atoms with Gasteiger partial charge in [-0.3, -0.25) is 9.59 Å². The van der Waals surface area contributed by atoms with Crippen molar-refractivity contribution in [1.29, 1.82) is 0 Å². The number of aromatic nitrogens is 1. The van der Waals surface area contributed by atoms with Crippen LogP contribution in [0.25, 0.3) is 0 Å². The van der Waals surface area contributed by atoms with Gasteiger partial charge in [0.2, 0.25) is 0 Å². The van der Waals surface area contributed by atoms with Crippen LogP contribution in [-0.4, -0.2) is 17.6 Å². The monoisotopic (exact) mass is 299 g/mol. The number of esters is 1. The molecule has 0 fully saturated rings. The van der Waals surface area contributed by atoms with Crippen LogP contribution < -0.4 is 5.56 Å². The number of carbonyl (C=O) groups is 1. The van der Waals surface area contributed by atoms with Crippen molar-refractivity contribution < 1.29 is 31.5 Å². The largest absolute Gasteiger partial charge is 0.466 e. The maximum atomic E-state index is 12.6. The van der Waals surface area contributed by atoms with Crippen LogP contribution in [0.3, 0.4) is 0 Å². The van der Waals surface area contributed by atoms with Gasteiger partial charge in [-0.1, -0.05) is 0 Å². The fourth-order valence-electron chi connectivity index (χ4n) is 1.56. The highest BCUT2D eigenvalue weighted by Crippen LogP contribution is 2.34. The Morgan fingerprint density at radius 3 is 2.45 bits per heavy atom. The first kappa shape index (κ1) is 16.1. The molecule has 0 aromatic carbocycles. The zero-order valence-electron chi connectivity index (χ0n) is 10.2. The summed E-state index contributed by atoms with van der Waals surface area (Å²) < 4.78 is 67.4. The molecule has 1 rings (SSSR count). The highest BCUT2D eigenvalue weighted by molar-refractivity contribution is 5.72. The Morgan fingerprint density at radius 1 is 1.40 bits per heavy atom. The van der Waals surface area contributed by atoms with Crippen molar-refractivity contribution in [3.63, 3.8) is 0 Å².